The minimum Gasteiger partial charge on any atom is -0.493 e. The van der Waals surface area contributed by atoms with Gasteiger partial charge in [-0.05, 0) is 53.7 Å². The lowest BCUT2D eigenvalue weighted by Gasteiger charge is -2.12. The summed E-state index contributed by atoms with van der Waals surface area (Å²) in [6, 6.07) is 13.4. The third-order valence-electron chi connectivity index (χ3n) is 3.62. The summed E-state index contributed by atoms with van der Waals surface area (Å²) in [6.45, 7) is 0.0766. The smallest absolute Gasteiger partial charge is 0.306 e. The molecule has 138 valence electrons. The van der Waals surface area contributed by atoms with Crippen LogP contribution in [0.5, 0.6) is 5.75 Å². The summed E-state index contributed by atoms with van der Waals surface area (Å²) in [5, 5.41) is 8.65. The second kappa shape index (κ2) is 8.28. The molecule has 0 saturated carbocycles. The number of anilines is 1. The number of ether oxygens (including phenoxy) is 1. The van der Waals surface area contributed by atoms with Crippen molar-refractivity contribution in [2.45, 2.75) is 6.42 Å². The van der Waals surface area contributed by atoms with Gasteiger partial charge in [-0.3, -0.25) is 14.4 Å². The van der Waals surface area contributed by atoms with E-state index in [1.807, 2.05) is 0 Å². The first-order valence-corrected chi connectivity index (χ1v) is 9.11. The summed E-state index contributed by atoms with van der Waals surface area (Å²) in [7, 11) is 0. The first-order chi connectivity index (χ1) is 12.9. The molecule has 0 bridgehead atoms. The highest BCUT2D eigenvalue weighted by atomic mass is 35.5. The van der Waals surface area contributed by atoms with Crippen molar-refractivity contribution in [3.05, 3.63) is 64.0 Å². The molecule has 0 aliphatic carbocycles. The number of carbonyl (C=O) groups excluding carboxylic acids is 2. The molecule has 1 fully saturated rings. The molecule has 2 aromatic carbocycles. The van der Waals surface area contributed by atoms with E-state index in [0.717, 1.165) is 22.2 Å². The Hall–Kier alpha value is -2.77. The van der Waals surface area contributed by atoms with Crippen LogP contribution in [0.15, 0.2) is 53.4 Å². The van der Waals surface area contributed by atoms with Gasteiger partial charge in [0, 0.05) is 5.02 Å². The molecule has 27 heavy (non-hydrogen) atoms. The number of carboxylic acid groups (broad SMARTS) is 1. The number of benzene rings is 2. The van der Waals surface area contributed by atoms with E-state index < -0.39 is 11.9 Å². The Balaban J connectivity index is 1.73. The Morgan fingerprint density at radius 1 is 1.19 bits per heavy atom. The zero-order chi connectivity index (χ0) is 19.4. The van der Waals surface area contributed by atoms with E-state index in [1.54, 1.807) is 54.6 Å². The number of nitrogens with zero attached hydrogens (tertiary/aromatic N) is 1. The largest absolute Gasteiger partial charge is 0.493 e. The molecule has 2 aromatic rings. The fraction of sp³-hybridized carbons (Fsp3) is 0.105. The molecular formula is C19H14ClNO5S. The van der Waals surface area contributed by atoms with E-state index in [2.05, 4.69) is 0 Å². The highest BCUT2D eigenvalue weighted by Crippen LogP contribution is 2.36. The van der Waals surface area contributed by atoms with Gasteiger partial charge in [0.05, 0.1) is 23.6 Å². The van der Waals surface area contributed by atoms with Crippen LogP contribution in [-0.2, 0) is 9.59 Å². The van der Waals surface area contributed by atoms with Crippen LogP contribution in [0.4, 0.5) is 10.5 Å². The SMILES string of the molecule is O=C(O)CCOc1ccc(/C=C2/SC(=O)N(c3cccc(Cl)c3)C2=O)cc1. The first kappa shape index (κ1) is 19.0. The molecule has 1 saturated heterocycles. The monoisotopic (exact) mass is 403 g/mol. The molecule has 0 atom stereocenters. The normalized spacial score (nSPS) is 15.4. The third kappa shape index (κ3) is 4.69. The summed E-state index contributed by atoms with van der Waals surface area (Å²) in [5.74, 6) is -0.809. The standard InChI is InChI=1S/C19H14ClNO5S/c20-13-2-1-3-14(11-13)21-18(24)16(27-19(21)25)10-12-4-6-15(7-5-12)26-9-8-17(22)23/h1-7,10-11H,8-9H2,(H,22,23)/b16-10+. The maximum Gasteiger partial charge on any atom is 0.306 e. The van der Waals surface area contributed by atoms with Gasteiger partial charge in [0.25, 0.3) is 11.1 Å². The van der Waals surface area contributed by atoms with Crippen LogP contribution in [0, 0.1) is 0 Å². The lowest BCUT2D eigenvalue weighted by Crippen LogP contribution is -2.27. The van der Waals surface area contributed by atoms with Crippen molar-refractivity contribution in [1.29, 1.82) is 0 Å². The molecule has 8 heteroatoms. The number of hydrogen-bond donors (Lipinski definition) is 1. The lowest BCUT2D eigenvalue weighted by atomic mass is 10.2. The molecule has 1 N–H and O–H groups in total. The van der Waals surface area contributed by atoms with E-state index in [0.29, 0.717) is 21.4 Å². The molecule has 1 aliphatic rings. The average molecular weight is 404 g/mol. The molecule has 0 spiro atoms. The topological polar surface area (TPSA) is 83.9 Å². The molecule has 1 heterocycles. The van der Waals surface area contributed by atoms with Crippen molar-refractivity contribution in [2.24, 2.45) is 0 Å². The van der Waals surface area contributed by atoms with Gasteiger partial charge in [-0.2, -0.15) is 0 Å². The van der Waals surface area contributed by atoms with Crippen molar-refractivity contribution >= 4 is 52.2 Å². The zero-order valence-corrected chi connectivity index (χ0v) is 15.5. The van der Waals surface area contributed by atoms with E-state index in [-0.39, 0.29) is 18.3 Å². The second-order valence-electron chi connectivity index (χ2n) is 5.56. The molecule has 2 amide bonds. The minimum atomic E-state index is -0.929. The minimum absolute atomic E-state index is 0.0766. The fourth-order valence-electron chi connectivity index (χ4n) is 2.37. The number of halogens is 1. The van der Waals surface area contributed by atoms with Crippen LogP contribution in [0.1, 0.15) is 12.0 Å². The predicted molar refractivity (Wildman–Crippen MR) is 104 cm³/mol. The summed E-state index contributed by atoms with van der Waals surface area (Å²) < 4.78 is 5.32. The third-order valence-corrected chi connectivity index (χ3v) is 4.73. The Labute approximate surface area is 164 Å². The Morgan fingerprint density at radius 2 is 1.93 bits per heavy atom. The Kier molecular flexibility index (Phi) is 5.83. The zero-order valence-electron chi connectivity index (χ0n) is 13.9. The summed E-state index contributed by atoms with van der Waals surface area (Å²) in [4.78, 5) is 36.7. The van der Waals surface area contributed by atoms with Crippen LogP contribution < -0.4 is 9.64 Å². The molecule has 6 nitrogen and oxygen atoms in total. The van der Waals surface area contributed by atoms with Crippen LogP contribution in [-0.4, -0.2) is 28.8 Å². The van der Waals surface area contributed by atoms with Crippen molar-refractivity contribution in [3.8, 4) is 5.75 Å². The van der Waals surface area contributed by atoms with Crippen molar-refractivity contribution in [2.75, 3.05) is 11.5 Å². The number of aliphatic carboxylic acids is 1. The molecule has 3 rings (SSSR count). The van der Waals surface area contributed by atoms with Crippen LogP contribution >= 0.6 is 23.4 Å². The van der Waals surface area contributed by atoms with Gasteiger partial charge in [-0.15, -0.1) is 0 Å². The van der Waals surface area contributed by atoms with Gasteiger partial charge in [0.2, 0.25) is 0 Å². The maximum atomic E-state index is 12.6. The van der Waals surface area contributed by atoms with Gasteiger partial charge in [-0.25, -0.2) is 4.90 Å². The number of amides is 2. The number of hydrogen-bond acceptors (Lipinski definition) is 5. The van der Waals surface area contributed by atoms with E-state index in [9.17, 15) is 14.4 Å². The van der Waals surface area contributed by atoms with Gasteiger partial charge >= 0.3 is 5.97 Å². The van der Waals surface area contributed by atoms with Crippen LogP contribution in [0.3, 0.4) is 0 Å². The first-order valence-electron chi connectivity index (χ1n) is 7.92. The quantitative estimate of drug-likeness (QED) is 0.718. The number of imide groups is 1. The number of carbonyl (C=O) groups is 3. The van der Waals surface area contributed by atoms with Gasteiger partial charge in [0.15, 0.2) is 0 Å². The average Bonchev–Trinajstić information content (AvgIpc) is 2.89. The van der Waals surface area contributed by atoms with Gasteiger partial charge < -0.3 is 9.84 Å². The number of thioether (sulfide) groups is 1. The van der Waals surface area contributed by atoms with Crippen molar-refractivity contribution < 1.29 is 24.2 Å². The van der Waals surface area contributed by atoms with Crippen LogP contribution in [0.2, 0.25) is 5.02 Å². The maximum absolute atomic E-state index is 12.6. The number of rotatable bonds is 6. The Bertz CT molecular complexity index is 926. The predicted octanol–water partition coefficient (Wildman–Crippen LogP) is 4.43. The molecule has 1 aliphatic heterocycles. The molecular weight excluding hydrogens is 390 g/mol. The summed E-state index contributed by atoms with van der Waals surface area (Å²) in [6.07, 6.45) is 1.54. The van der Waals surface area contributed by atoms with E-state index in [1.165, 1.54) is 0 Å². The molecule has 0 radical (unpaired) electrons. The van der Waals surface area contributed by atoms with Crippen molar-refractivity contribution in [1.82, 2.24) is 0 Å². The highest BCUT2D eigenvalue weighted by Gasteiger charge is 2.36. The van der Waals surface area contributed by atoms with E-state index in [4.69, 9.17) is 21.4 Å². The summed E-state index contributed by atoms with van der Waals surface area (Å²) >= 11 is 6.80. The fourth-order valence-corrected chi connectivity index (χ4v) is 3.40. The Morgan fingerprint density at radius 3 is 2.59 bits per heavy atom. The molecule has 0 aromatic heterocycles. The number of carboxylic acids is 1. The van der Waals surface area contributed by atoms with Gasteiger partial charge in [0.1, 0.15) is 5.75 Å². The van der Waals surface area contributed by atoms with E-state index >= 15 is 0 Å². The van der Waals surface area contributed by atoms with Crippen LogP contribution in [0.25, 0.3) is 6.08 Å². The lowest BCUT2D eigenvalue weighted by molar-refractivity contribution is -0.137. The summed E-state index contributed by atoms with van der Waals surface area (Å²) in [5.41, 5.74) is 1.15. The second-order valence-corrected chi connectivity index (χ2v) is 6.99. The highest BCUT2D eigenvalue weighted by molar-refractivity contribution is 8.19. The molecule has 0 unspecified atom stereocenters. The van der Waals surface area contributed by atoms with Gasteiger partial charge in [-0.1, -0.05) is 29.8 Å². The van der Waals surface area contributed by atoms with Crippen molar-refractivity contribution in [3.63, 3.8) is 0 Å².